The molecule has 150 valence electrons. The van der Waals surface area contributed by atoms with E-state index in [1.165, 1.54) is 34.9 Å². The second-order valence-corrected chi connectivity index (χ2v) is 7.27. The molecule has 0 fully saturated rings. The van der Waals surface area contributed by atoms with Crippen LogP contribution in [0.1, 0.15) is 43.7 Å². The highest BCUT2D eigenvalue weighted by atomic mass is 16.5. The lowest BCUT2D eigenvalue weighted by molar-refractivity contribution is 0.404. The Labute approximate surface area is 168 Å². The maximum absolute atomic E-state index is 5.75. The molecule has 0 bridgehead atoms. The number of aryl methyl sites for hydroxylation is 2. The number of aromatic nitrogens is 1. The molecule has 1 aromatic heterocycles. The minimum Gasteiger partial charge on any atom is -0.497 e. The molecule has 28 heavy (non-hydrogen) atoms. The molecule has 0 saturated heterocycles. The quantitative estimate of drug-likeness (QED) is 0.458. The summed E-state index contributed by atoms with van der Waals surface area (Å²) >= 11 is 0. The first-order chi connectivity index (χ1) is 13.7. The van der Waals surface area contributed by atoms with Gasteiger partial charge in [0.1, 0.15) is 11.5 Å². The molecule has 4 nitrogen and oxygen atoms in total. The van der Waals surface area contributed by atoms with Crippen LogP contribution in [0, 0.1) is 0 Å². The van der Waals surface area contributed by atoms with Gasteiger partial charge in [0, 0.05) is 16.5 Å². The first-order valence-electron chi connectivity index (χ1n) is 10.3. The predicted molar refractivity (Wildman–Crippen MR) is 117 cm³/mol. The van der Waals surface area contributed by atoms with Gasteiger partial charge in [0.2, 0.25) is 0 Å². The van der Waals surface area contributed by atoms with Gasteiger partial charge in [-0.3, -0.25) is 0 Å². The Morgan fingerprint density at radius 2 is 1.79 bits per heavy atom. The Morgan fingerprint density at radius 3 is 2.50 bits per heavy atom. The summed E-state index contributed by atoms with van der Waals surface area (Å²) < 4.78 is 11.1. The molecule has 0 aliphatic rings. The fourth-order valence-electron chi connectivity index (χ4n) is 3.78. The fourth-order valence-corrected chi connectivity index (χ4v) is 3.78. The monoisotopic (exact) mass is 380 g/mol. The standard InChI is InChI=1S/C24H32N2O2/c1-4-5-8-17-10-12-22-20(15-17)19(9-6-7-14-25)24(26-22)21-16-18(27-2)11-13-23(21)28-3/h10-13,15-16,26H,4-9,14,25H2,1-3H3. The number of unbranched alkanes of at least 4 members (excludes halogenated alkanes) is 2. The van der Waals surface area contributed by atoms with Gasteiger partial charge in [-0.05, 0) is 80.1 Å². The van der Waals surface area contributed by atoms with Crippen LogP contribution in [-0.2, 0) is 12.8 Å². The van der Waals surface area contributed by atoms with Gasteiger partial charge >= 0.3 is 0 Å². The van der Waals surface area contributed by atoms with E-state index in [9.17, 15) is 0 Å². The number of hydrogen-bond acceptors (Lipinski definition) is 3. The largest absolute Gasteiger partial charge is 0.497 e. The molecule has 0 aliphatic heterocycles. The summed E-state index contributed by atoms with van der Waals surface area (Å²) in [5.41, 5.74) is 11.8. The van der Waals surface area contributed by atoms with E-state index < -0.39 is 0 Å². The average molecular weight is 381 g/mol. The van der Waals surface area contributed by atoms with Crippen LogP contribution in [0.4, 0.5) is 0 Å². The molecule has 0 aliphatic carbocycles. The average Bonchev–Trinajstić information content (AvgIpc) is 3.09. The van der Waals surface area contributed by atoms with Crippen molar-refractivity contribution in [3.63, 3.8) is 0 Å². The molecule has 1 heterocycles. The van der Waals surface area contributed by atoms with Crippen LogP contribution in [0.5, 0.6) is 11.5 Å². The molecule has 3 N–H and O–H groups in total. The normalized spacial score (nSPS) is 11.1. The van der Waals surface area contributed by atoms with E-state index in [2.05, 4.69) is 30.1 Å². The molecule has 0 atom stereocenters. The lowest BCUT2D eigenvalue weighted by Crippen LogP contribution is -1.99. The number of H-pyrrole nitrogens is 1. The highest BCUT2D eigenvalue weighted by molar-refractivity contribution is 5.92. The minimum absolute atomic E-state index is 0.724. The van der Waals surface area contributed by atoms with Crippen molar-refractivity contribution in [1.82, 2.24) is 4.98 Å². The molecule has 3 rings (SSSR count). The van der Waals surface area contributed by atoms with Gasteiger partial charge in [-0.25, -0.2) is 0 Å². The third-order valence-electron chi connectivity index (χ3n) is 5.35. The highest BCUT2D eigenvalue weighted by Crippen LogP contribution is 2.39. The second kappa shape index (κ2) is 9.65. The molecule has 0 radical (unpaired) electrons. The van der Waals surface area contributed by atoms with Crippen LogP contribution in [0.25, 0.3) is 22.2 Å². The maximum atomic E-state index is 5.75. The van der Waals surface area contributed by atoms with Gasteiger partial charge in [-0.1, -0.05) is 19.4 Å². The molecule has 3 aromatic rings. The van der Waals surface area contributed by atoms with Crippen molar-refractivity contribution in [1.29, 1.82) is 0 Å². The third kappa shape index (κ3) is 4.33. The summed E-state index contributed by atoms with van der Waals surface area (Å²) in [5.74, 6) is 1.67. The first kappa shape index (κ1) is 20.3. The predicted octanol–water partition coefficient (Wildman–Crippen LogP) is 5.48. The highest BCUT2D eigenvalue weighted by Gasteiger charge is 2.17. The molecule has 0 saturated carbocycles. The Bertz CT molecular complexity index is 914. The summed E-state index contributed by atoms with van der Waals surface area (Å²) in [6.45, 7) is 2.96. The van der Waals surface area contributed by atoms with Crippen molar-refractivity contribution in [2.45, 2.75) is 45.4 Å². The summed E-state index contributed by atoms with van der Waals surface area (Å²) in [6.07, 6.45) is 6.64. The summed E-state index contributed by atoms with van der Waals surface area (Å²) in [6, 6.07) is 12.8. The van der Waals surface area contributed by atoms with Crippen molar-refractivity contribution < 1.29 is 9.47 Å². The zero-order valence-corrected chi connectivity index (χ0v) is 17.3. The number of nitrogens with one attached hydrogen (secondary N) is 1. The first-order valence-corrected chi connectivity index (χ1v) is 10.3. The van der Waals surface area contributed by atoms with E-state index in [4.69, 9.17) is 15.2 Å². The van der Waals surface area contributed by atoms with E-state index in [-0.39, 0.29) is 0 Å². The zero-order valence-electron chi connectivity index (χ0n) is 17.3. The van der Waals surface area contributed by atoms with Crippen LogP contribution >= 0.6 is 0 Å². The number of rotatable bonds is 10. The van der Waals surface area contributed by atoms with E-state index in [1.807, 2.05) is 18.2 Å². The lowest BCUT2D eigenvalue weighted by atomic mass is 9.98. The van der Waals surface area contributed by atoms with E-state index in [1.54, 1.807) is 14.2 Å². The van der Waals surface area contributed by atoms with Crippen molar-refractivity contribution in [2.75, 3.05) is 20.8 Å². The van der Waals surface area contributed by atoms with Crippen LogP contribution in [0.15, 0.2) is 36.4 Å². The zero-order chi connectivity index (χ0) is 19.9. The Kier molecular flexibility index (Phi) is 6.99. The van der Waals surface area contributed by atoms with Gasteiger partial charge in [-0.2, -0.15) is 0 Å². The van der Waals surface area contributed by atoms with Crippen LogP contribution in [0.2, 0.25) is 0 Å². The molecule has 2 aromatic carbocycles. The number of fused-ring (bicyclic) bond motifs is 1. The number of nitrogens with two attached hydrogens (primary N) is 1. The van der Waals surface area contributed by atoms with Crippen molar-refractivity contribution in [3.05, 3.63) is 47.5 Å². The minimum atomic E-state index is 0.724. The van der Waals surface area contributed by atoms with Crippen molar-refractivity contribution in [2.24, 2.45) is 5.73 Å². The molecular formula is C24H32N2O2. The number of methoxy groups -OCH3 is 2. The van der Waals surface area contributed by atoms with Gasteiger partial charge in [-0.15, -0.1) is 0 Å². The molecule has 0 amide bonds. The SMILES string of the molecule is CCCCc1ccc2[nH]c(-c3cc(OC)ccc3OC)c(CCCCN)c2c1. The van der Waals surface area contributed by atoms with Gasteiger partial charge in [0.25, 0.3) is 0 Å². The van der Waals surface area contributed by atoms with Crippen LogP contribution in [-0.4, -0.2) is 25.7 Å². The summed E-state index contributed by atoms with van der Waals surface area (Å²) in [5, 5.41) is 1.31. The van der Waals surface area contributed by atoms with Crippen molar-refractivity contribution in [3.8, 4) is 22.8 Å². The van der Waals surface area contributed by atoms with Crippen LogP contribution in [0.3, 0.4) is 0 Å². The fraction of sp³-hybridized carbons (Fsp3) is 0.417. The molecule has 4 heteroatoms. The van der Waals surface area contributed by atoms with Crippen molar-refractivity contribution >= 4 is 10.9 Å². The van der Waals surface area contributed by atoms with Gasteiger partial charge < -0.3 is 20.2 Å². The van der Waals surface area contributed by atoms with E-state index >= 15 is 0 Å². The topological polar surface area (TPSA) is 60.3 Å². The van der Waals surface area contributed by atoms with Crippen LogP contribution < -0.4 is 15.2 Å². The lowest BCUT2D eigenvalue weighted by Gasteiger charge is -2.12. The van der Waals surface area contributed by atoms with Gasteiger partial charge in [0.15, 0.2) is 0 Å². The molecule has 0 unspecified atom stereocenters. The molecular weight excluding hydrogens is 348 g/mol. The number of hydrogen-bond donors (Lipinski definition) is 2. The van der Waals surface area contributed by atoms with Gasteiger partial charge in [0.05, 0.1) is 19.9 Å². The Hall–Kier alpha value is -2.46. The Morgan fingerprint density at radius 1 is 0.929 bits per heavy atom. The number of benzene rings is 2. The smallest absolute Gasteiger partial charge is 0.128 e. The molecule has 0 spiro atoms. The second-order valence-electron chi connectivity index (χ2n) is 7.27. The maximum Gasteiger partial charge on any atom is 0.128 e. The number of aromatic amines is 1. The summed E-state index contributed by atoms with van der Waals surface area (Å²) in [7, 11) is 3.41. The number of ether oxygens (including phenoxy) is 2. The third-order valence-corrected chi connectivity index (χ3v) is 5.35. The Balaban J connectivity index is 2.13. The van der Waals surface area contributed by atoms with E-state index in [0.29, 0.717) is 0 Å². The van der Waals surface area contributed by atoms with E-state index in [0.717, 1.165) is 55.0 Å². The summed E-state index contributed by atoms with van der Waals surface area (Å²) in [4.78, 5) is 3.65.